The van der Waals surface area contributed by atoms with Gasteiger partial charge in [-0.3, -0.25) is 0 Å². The molecule has 1 aromatic rings. The Morgan fingerprint density at radius 2 is 2.07 bits per heavy atom. The Morgan fingerprint density at radius 3 is 2.64 bits per heavy atom. The van der Waals surface area contributed by atoms with Crippen LogP contribution in [0.4, 0.5) is 0 Å². The second-order valence-electron chi connectivity index (χ2n) is 4.46. The van der Waals surface area contributed by atoms with E-state index in [0.717, 1.165) is 17.2 Å². The first-order valence-electron chi connectivity index (χ1n) is 5.35. The fraction of sp³-hybridized carbons (Fsp3) is 0.538. The normalized spacial score (nSPS) is 18.2. The van der Waals surface area contributed by atoms with E-state index in [-0.39, 0.29) is 0 Å². The van der Waals surface area contributed by atoms with Gasteiger partial charge in [-0.15, -0.1) is 0 Å². The number of alkyl halides is 1. The van der Waals surface area contributed by atoms with Gasteiger partial charge in [0, 0.05) is 5.33 Å². The van der Waals surface area contributed by atoms with Crippen molar-refractivity contribution in [1.82, 2.24) is 0 Å². The van der Waals surface area contributed by atoms with Crippen molar-refractivity contribution in [3.8, 4) is 0 Å². The van der Waals surface area contributed by atoms with Crippen molar-refractivity contribution in [3.05, 3.63) is 34.9 Å². The summed E-state index contributed by atoms with van der Waals surface area (Å²) in [4.78, 5) is 0. The molecule has 0 heterocycles. The lowest BCUT2D eigenvalue weighted by atomic mass is 9.91. The Hall–Kier alpha value is -0.300. The second-order valence-corrected chi connectivity index (χ2v) is 5.11. The average Bonchev–Trinajstić information content (AvgIpc) is 2.96. The molecule has 14 heavy (non-hydrogen) atoms. The zero-order valence-electron chi connectivity index (χ0n) is 8.89. The summed E-state index contributed by atoms with van der Waals surface area (Å²) in [6.45, 7) is 4.41. The maximum atomic E-state index is 3.65. The minimum absolute atomic E-state index is 0.745. The Labute approximate surface area is 94.8 Å². The van der Waals surface area contributed by atoms with Crippen LogP contribution in [0.25, 0.3) is 0 Å². The lowest BCUT2D eigenvalue weighted by Crippen LogP contribution is -2.05. The van der Waals surface area contributed by atoms with Gasteiger partial charge < -0.3 is 0 Å². The summed E-state index contributed by atoms with van der Waals surface area (Å²) in [6, 6.07) is 6.82. The van der Waals surface area contributed by atoms with Crippen molar-refractivity contribution in [2.24, 2.45) is 5.92 Å². The Balaban J connectivity index is 2.32. The van der Waals surface area contributed by atoms with Gasteiger partial charge in [0.05, 0.1) is 0 Å². The summed E-state index contributed by atoms with van der Waals surface area (Å²) in [5.74, 6) is 1.68. The number of hydrogen-bond acceptors (Lipinski definition) is 0. The quantitative estimate of drug-likeness (QED) is 0.708. The highest BCUT2D eigenvalue weighted by Crippen LogP contribution is 2.44. The van der Waals surface area contributed by atoms with E-state index in [1.165, 1.54) is 24.0 Å². The molecule has 1 saturated carbocycles. The van der Waals surface area contributed by atoms with Gasteiger partial charge in [-0.1, -0.05) is 39.7 Å². The lowest BCUT2D eigenvalue weighted by Gasteiger charge is -2.16. The van der Waals surface area contributed by atoms with E-state index in [2.05, 4.69) is 48.0 Å². The van der Waals surface area contributed by atoms with E-state index in [4.69, 9.17) is 0 Å². The van der Waals surface area contributed by atoms with Gasteiger partial charge in [0.15, 0.2) is 0 Å². The van der Waals surface area contributed by atoms with Crippen LogP contribution in [0.3, 0.4) is 0 Å². The Morgan fingerprint density at radius 1 is 1.36 bits per heavy atom. The van der Waals surface area contributed by atoms with E-state index < -0.39 is 0 Å². The number of halogens is 1. The number of hydrogen-bond donors (Lipinski definition) is 0. The number of rotatable bonds is 3. The van der Waals surface area contributed by atoms with Crippen LogP contribution < -0.4 is 0 Å². The van der Waals surface area contributed by atoms with Gasteiger partial charge in [-0.25, -0.2) is 0 Å². The minimum Gasteiger partial charge on any atom is -0.0921 e. The zero-order valence-corrected chi connectivity index (χ0v) is 10.5. The molecule has 0 radical (unpaired) electrons. The zero-order chi connectivity index (χ0) is 10.1. The Bertz CT molecular complexity index is 326. The molecule has 0 aliphatic heterocycles. The van der Waals surface area contributed by atoms with E-state index >= 15 is 0 Å². The third kappa shape index (κ3) is 2.03. The van der Waals surface area contributed by atoms with Crippen molar-refractivity contribution >= 4 is 15.9 Å². The van der Waals surface area contributed by atoms with Crippen LogP contribution in [-0.4, -0.2) is 5.33 Å². The van der Waals surface area contributed by atoms with Gasteiger partial charge in [0.2, 0.25) is 0 Å². The molecule has 1 unspecified atom stereocenters. The molecule has 1 atom stereocenters. The number of aryl methyl sites for hydroxylation is 2. The molecule has 1 fully saturated rings. The van der Waals surface area contributed by atoms with Gasteiger partial charge in [-0.2, -0.15) is 0 Å². The van der Waals surface area contributed by atoms with Crippen molar-refractivity contribution in [2.45, 2.75) is 32.6 Å². The molecule has 76 valence electrons. The molecule has 0 nitrogen and oxygen atoms in total. The largest absolute Gasteiger partial charge is 0.0921 e. The summed E-state index contributed by atoms with van der Waals surface area (Å²) in [5, 5.41) is 1.11. The van der Waals surface area contributed by atoms with Gasteiger partial charge in [0.25, 0.3) is 0 Å². The van der Waals surface area contributed by atoms with Crippen molar-refractivity contribution in [2.75, 3.05) is 5.33 Å². The van der Waals surface area contributed by atoms with Crippen LogP contribution in [0.5, 0.6) is 0 Å². The molecule has 0 N–H and O–H groups in total. The van der Waals surface area contributed by atoms with Gasteiger partial charge >= 0.3 is 0 Å². The summed E-state index contributed by atoms with van der Waals surface area (Å²) in [5.41, 5.74) is 4.40. The minimum atomic E-state index is 0.745. The highest BCUT2D eigenvalue weighted by Gasteiger charge is 2.32. The fourth-order valence-electron chi connectivity index (χ4n) is 2.12. The van der Waals surface area contributed by atoms with E-state index in [1.54, 1.807) is 5.56 Å². The van der Waals surface area contributed by atoms with Crippen LogP contribution in [0.1, 0.15) is 35.4 Å². The van der Waals surface area contributed by atoms with Crippen molar-refractivity contribution < 1.29 is 0 Å². The maximum absolute atomic E-state index is 3.65. The lowest BCUT2D eigenvalue weighted by molar-refractivity contribution is 0.673. The molecule has 0 saturated heterocycles. The standard InChI is InChI=1S/C13H17Br/c1-9-3-4-10(2)12(7-9)13(8-14)11-5-6-11/h3-4,7,11,13H,5-6,8H2,1-2H3. The molecule has 0 spiro atoms. The summed E-state index contributed by atoms with van der Waals surface area (Å²) >= 11 is 3.65. The molecule has 1 aliphatic rings. The van der Waals surface area contributed by atoms with Crippen LogP contribution >= 0.6 is 15.9 Å². The fourth-order valence-corrected chi connectivity index (χ4v) is 3.00. The SMILES string of the molecule is Cc1ccc(C)c(C(CBr)C2CC2)c1. The molecule has 0 bridgehead atoms. The molecule has 0 aromatic heterocycles. The highest BCUT2D eigenvalue weighted by molar-refractivity contribution is 9.09. The smallest absolute Gasteiger partial charge is 0.0103 e. The van der Waals surface area contributed by atoms with Crippen LogP contribution in [-0.2, 0) is 0 Å². The molecule has 0 amide bonds. The second kappa shape index (κ2) is 4.06. The van der Waals surface area contributed by atoms with Crippen LogP contribution in [0.2, 0.25) is 0 Å². The predicted molar refractivity (Wildman–Crippen MR) is 65.2 cm³/mol. The monoisotopic (exact) mass is 252 g/mol. The molecule has 1 aliphatic carbocycles. The molecular formula is C13H17Br. The van der Waals surface area contributed by atoms with Crippen LogP contribution in [0.15, 0.2) is 18.2 Å². The third-order valence-corrected chi connectivity index (χ3v) is 3.89. The highest BCUT2D eigenvalue weighted by atomic mass is 79.9. The molecule has 1 heteroatoms. The summed E-state index contributed by atoms with van der Waals surface area (Å²) < 4.78 is 0. The molecule has 2 rings (SSSR count). The summed E-state index contributed by atoms with van der Waals surface area (Å²) in [7, 11) is 0. The van der Waals surface area contributed by atoms with Gasteiger partial charge in [0.1, 0.15) is 0 Å². The Kier molecular flexibility index (Phi) is 2.96. The first-order chi connectivity index (χ1) is 6.72. The third-order valence-electron chi connectivity index (χ3n) is 3.19. The van der Waals surface area contributed by atoms with Gasteiger partial charge in [-0.05, 0) is 49.7 Å². The molecular weight excluding hydrogens is 236 g/mol. The predicted octanol–water partition coefficient (Wildman–Crippen LogP) is 4.19. The van der Waals surface area contributed by atoms with E-state index in [1.807, 2.05) is 0 Å². The molecule has 1 aromatic carbocycles. The van der Waals surface area contributed by atoms with E-state index in [9.17, 15) is 0 Å². The maximum Gasteiger partial charge on any atom is 0.0103 e. The average molecular weight is 253 g/mol. The van der Waals surface area contributed by atoms with E-state index in [0.29, 0.717) is 0 Å². The van der Waals surface area contributed by atoms with Crippen molar-refractivity contribution in [1.29, 1.82) is 0 Å². The van der Waals surface area contributed by atoms with Crippen molar-refractivity contribution in [3.63, 3.8) is 0 Å². The number of benzene rings is 1. The first-order valence-corrected chi connectivity index (χ1v) is 6.47. The van der Waals surface area contributed by atoms with Crippen LogP contribution in [0, 0.1) is 19.8 Å². The topological polar surface area (TPSA) is 0 Å². The first kappa shape index (κ1) is 10.2. The summed E-state index contributed by atoms with van der Waals surface area (Å²) in [6.07, 6.45) is 2.84.